The largest absolute Gasteiger partial charge is 0.444 e. The molecule has 1 aliphatic heterocycles. The third-order valence-electron chi connectivity index (χ3n) is 3.07. The third-order valence-corrected chi connectivity index (χ3v) is 3.46. The van der Waals surface area contributed by atoms with Crippen molar-refractivity contribution in [3.63, 3.8) is 0 Å². The highest BCUT2D eigenvalue weighted by Gasteiger charge is 2.30. The number of aryl methyl sites for hydroxylation is 1. The van der Waals surface area contributed by atoms with Gasteiger partial charge in [-0.3, -0.25) is 9.58 Å². The summed E-state index contributed by atoms with van der Waals surface area (Å²) in [7, 11) is 0. The van der Waals surface area contributed by atoms with E-state index < -0.39 is 5.60 Å². The molecule has 1 unspecified atom stereocenters. The molecule has 0 aliphatic carbocycles. The molecule has 0 radical (unpaired) electrons. The van der Waals surface area contributed by atoms with Gasteiger partial charge in [-0.25, -0.2) is 4.79 Å². The Balaban J connectivity index is 2.21. The highest BCUT2D eigenvalue weighted by molar-refractivity contribution is 9.10. The van der Waals surface area contributed by atoms with Gasteiger partial charge in [-0.05, 0) is 56.1 Å². The van der Waals surface area contributed by atoms with Gasteiger partial charge < -0.3 is 4.74 Å². The lowest BCUT2D eigenvalue weighted by molar-refractivity contribution is 0.0177. The molecule has 0 bridgehead atoms. The molecule has 6 heteroatoms. The van der Waals surface area contributed by atoms with Crippen LogP contribution in [0.2, 0.25) is 0 Å². The summed E-state index contributed by atoms with van der Waals surface area (Å²) >= 11 is 3.38. The third kappa shape index (κ3) is 3.29. The van der Waals surface area contributed by atoms with Gasteiger partial charge in [0, 0.05) is 13.1 Å². The van der Waals surface area contributed by atoms with Gasteiger partial charge in [0.05, 0.1) is 11.7 Å². The first kappa shape index (κ1) is 14.4. The summed E-state index contributed by atoms with van der Waals surface area (Å²) < 4.78 is 8.23. The summed E-state index contributed by atoms with van der Waals surface area (Å²) in [5, 5.41) is 4.38. The first-order valence-electron chi connectivity index (χ1n) is 6.51. The van der Waals surface area contributed by atoms with Gasteiger partial charge >= 0.3 is 6.09 Å². The molecule has 0 spiro atoms. The van der Waals surface area contributed by atoms with Crippen molar-refractivity contribution < 1.29 is 9.53 Å². The van der Waals surface area contributed by atoms with Crippen LogP contribution in [0.15, 0.2) is 10.7 Å². The zero-order valence-electron chi connectivity index (χ0n) is 11.8. The fourth-order valence-corrected chi connectivity index (χ4v) is 2.65. The Labute approximate surface area is 122 Å². The molecular formula is C13H20BrN3O2. The molecule has 5 nitrogen and oxygen atoms in total. The minimum Gasteiger partial charge on any atom is -0.444 e. The predicted molar refractivity (Wildman–Crippen MR) is 75.9 cm³/mol. The second-order valence-corrected chi connectivity index (χ2v) is 6.63. The molecule has 2 rings (SSSR count). The Hall–Kier alpha value is -1.04. The zero-order valence-corrected chi connectivity index (χ0v) is 13.4. The fourth-order valence-electron chi connectivity index (χ4n) is 2.23. The molecular weight excluding hydrogens is 310 g/mol. The standard InChI is InChI=1S/C13H20BrN3O2/c1-9-10-8-11(14)15-17(10)7-5-6-16(9)12(18)19-13(2,3)4/h8-9H,5-7H2,1-4H3. The van der Waals surface area contributed by atoms with E-state index in [1.165, 1.54) is 0 Å². The van der Waals surface area contributed by atoms with E-state index >= 15 is 0 Å². The molecule has 0 fully saturated rings. The van der Waals surface area contributed by atoms with Crippen molar-refractivity contribution in [2.75, 3.05) is 6.54 Å². The van der Waals surface area contributed by atoms with Crippen LogP contribution >= 0.6 is 15.9 Å². The van der Waals surface area contributed by atoms with Gasteiger partial charge in [-0.2, -0.15) is 5.10 Å². The summed E-state index contributed by atoms with van der Waals surface area (Å²) in [6.45, 7) is 9.17. The summed E-state index contributed by atoms with van der Waals surface area (Å²) in [5.74, 6) is 0. The van der Waals surface area contributed by atoms with Crippen molar-refractivity contribution in [1.29, 1.82) is 0 Å². The number of carbonyl (C=O) groups is 1. The predicted octanol–water partition coefficient (Wildman–Crippen LogP) is 3.35. The molecule has 0 saturated carbocycles. The highest BCUT2D eigenvalue weighted by atomic mass is 79.9. The number of rotatable bonds is 0. The lowest BCUT2D eigenvalue weighted by Crippen LogP contribution is -2.38. The van der Waals surface area contributed by atoms with Crippen LogP contribution in [0, 0.1) is 0 Å². The average molecular weight is 330 g/mol. The van der Waals surface area contributed by atoms with Crippen LogP contribution in [0.25, 0.3) is 0 Å². The minimum absolute atomic E-state index is 0.0313. The fraction of sp³-hybridized carbons (Fsp3) is 0.692. The average Bonchev–Trinajstić information content (AvgIpc) is 2.55. The van der Waals surface area contributed by atoms with Crippen molar-refractivity contribution in [3.05, 3.63) is 16.4 Å². The molecule has 106 valence electrons. The normalized spacial score (nSPS) is 19.8. The molecule has 2 heterocycles. The molecule has 1 aromatic heterocycles. The lowest BCUT2D eigenvalue weighted by atomic mass is 10.2. The van der Waals surface area contributed by atoms with Gasteiger partial charge in [-0.1, -0.05) is 0 Å². The molecule has 0 aromatic carbocycles. The number of aromatic nitrogens is 2. The molecule has 1 aromatic rings. The number of ether oxygens (including phenoxy) is 1. The van der Waals surface area contributed by atoms with Crippen molar-refractivity contribution >= 4 is 22.0 Å². The van der Waals surface area contributed by atoms with Crippen molar-refractivity contribution in [3.8, 4) is 0 Å². The van der Waals surface area contributed by atoms with Crippen molar-refractivity contribution in [2.24, 2.45) is 0 Å². The van der Waals surface area contributed by atoms with Crippen molar-refractivity contribution in [1.82, 2.24) is 14.7 Å². The maximum Gasteiger partial charge on any atom is 0.410 e. The summed E-state index contributed by atoms with van der Waals surface area (Å²) in [5.41, 5.74) is 0.569. The molecule has 0 saturated heterocycles. The van der Waals surface area contributed by atoms with E-state index in [4.69, 9.17) is 4.74 Å². The summed E-state index contributed by atoms with van der Waals surface area (Å²) in [4.78, 5) is 14.0. The van der Waals surface area contributed by atoms with E-state index in [1.807, 2.05) is 38.4 Å². The van der Waals surface area contributed by atoms with Gasteiger partial charge in [0.2, 0.25) is 0 Å². The SMILES string of the molecule is CC1c2cc(Br)nn2CCCN1C(=O)OC(C)(C)C. The van der Waals surface area contributed by atoms with Crippen LogP contribution in [0.3, 0.4) is 0 Å². The lowest BCUT2D eigenvalue weighted by Gasteiger charge is -2.30. The number of amides is 1. The summed E-state index contributed by atoms with van der Waals surface area (Å²) in [6, 6.07) is 1.93. The van der Waals surface area contributed by atoms with E-state index in [-0.39, 0.29) is 12.1 Å². The highest BCUT2D eigenvalue weighted by Crippen LogP contribution is 2.28. The topological polar surface area (TPSA) is 47.4 Å². The van der Waals surface area contributed by atoms with Gasteiger partial charge in [0.15, 0.2) is 0 Å². The molecule has 1 aliphatic rings. The summed E-state index contributed by atoms with van der Waals surface area (Å²) in [6.07, 6.45) is 0.621. The smallest absolute Gasteiger partial charge is 0.410 e. The maximum atomic E-state index is 12.3. The molecule has 1 amide bonds. The van der Waals surface area contributed by atoms with Crippen LogP contribution in [0.5, 0.6) is 0 Å². The van der Waals surface area contributed by atoms with E-state index in [9.17, 15) is 4.79 Å². The van der Waals surface area contributed by atoms with Crippen LogP contribution < -0.4 is 0 Å². The number of hydrogen-bond acceptors (Lipinski definition) is 3. The Morgan fingerprint density at radius 1 is 1.47 bits per heavy atom. The zero-order chi connectivity index (χ0) is 14.2. The van der Waals surface area contributed by atoms with Gasteiger partial charge in [0.25, 0.3) is 0 Å². The second kappa shape index (κ2) is 5.15. The quantitative estimate of drug-likeness (QED) is 0.733. The Morgan fingerprint density at radius 2 is 2.16 bits per heavy atom. The number of halogens is 1. The Bertz CT molecular complexity index is 479. The van der Waals surface area contributed by atoms with Crippen LogP contribution in [-0.2, 0) is 11.3 Å². The first-order chi connectivity index (χ1) is 8.78. The first-order valence-corrected chi connectivity index (χ1v) is 7.30. The molecule has 0 N–H and O–H groups in total. The van der Waals surface area contributed by atoms with E-state index in [0.717, 1.165) is 23.3 Å². The van der Waals surface area contributed by atoms with Gasteiger partial charge in [-0.15, -0.1) is 0 Å². The number of carbonyl (C=O) groups excluding carboxylic acids is 1. The minimum atomic E-state index is -0.468. The number of fused-ring (bicyclic) bond motifs is 1. The Morgan fingerprint density at radius 3 is 2.79 bits per heavy atom. The van der Waals surface area contributed by atoms with E-state index in [1.54, 1.807) is 4.90 Å². The number of nitrogens with zero attached hydrogens (tertiary/aromatic N) is 3. The van der Waals surface area contributed by atoms with Gasteiger partial charge in [0.1, 0.15) is 10.2 Å². The van der Waals surface area contributed by atoms with Crippen LogP contribution in [0.1, 0.15) is 45.9 Å². The maximum absolute atomic E-state index is 12.3. The van der Waals surface area contributed by atoms with E-state index in [0.29, 0.717) is 6.54 Å². The van der Waals surface area contributed by atoms with Crippen LogP contribution in [0.4, 0.5) is 4.79 Å². The molecule has 19 heavy (non-hydrogen) atoms. The second-order valence-electron chi connectivity index (χ2n) is 5.82. The monoisotopic (exact) mass is 329 g/mol. The Kier molecular flexibility index (Phi) is 3.90. The van der Waals surface area contributed by atoms with E-state index in [2.05, 4.69) is 21.0 Å². The molecule has 1 atom stereocenters. The number of hydrogen-bond donors (Lipinski definition) is 0. The van der Waals surface area contributed by atoms with Crippen LogP contribution in [-0.4, -0.2) is 32.9 Å². The van der Waals surface area contributed by atoms with Crippen molar-refractivity contribution in [2.45, 2.75) is 52.3 Å².